The van der Waals surface area contributed by atoms with E-state index >= 15 is 0 Å². The van der Waals surface area contributed by atoms with E-state index in [0.717, 1.165) is 18.4 Å². The summed E-state index contributed by atoms with van der Waals surface area (Å²) in [6.45, 7) is 0. The Morgan fingerprint density at radius 2 is 1.91 bits per heavy atom. The van der Waals surface area contributed by atoms with Gasteiger partial charge >= 0.3 is 0 Å². The second kappa shape index (κ2) is 8.89. The number of likely N-dealkylation sites (N-methyl/N-ethyl adjacent to an activating group) is 1. The average Bonchev–Trinajstić information content (AvgIpc) is 2.93. The quantitative estimate of drug-likeness (QED) is 0.850. The molecule has 23 heavy (non-hydrogen) atoms. The smallest absolute Gasteiger partial charge is 0.244 e. The third kappa shape index (κ3) is 5.52. The van der Waals surface area contributed by atoms with Crippen molar-refractivity contribution in [2.45, 2.75) is 37.8 Å². The van der Waals surface area contributed by atoms with E-state index in [0.29, 0.717) is 12.8 Å². The maximum absolute atomic E-state index is 12.4. The molecule has 1 fully saturated rings. The van der Waals surface area contributed by atoms with E-state index in [-0.39, 0.29) is 36.2 Å². The molecule has 3 N–H and O–H groups in total. The third-order valence-electron chi connectivity index (χ3n) is 4.18. The van der Waals surface area contributed by atoms with Gasteiger partial charge in [0.2, 0.25) is 11.8 Å². The lowest BCUT2D eigenvalue weighted by Crippen LogP contribution is -2.49. The monoisotopic (exact) mass is 339 g/mol. The molecule has 1 saturated carbocycles. The molecule has 0 aromatic heterocycles. The molecule has 5 nitrogen and oxygen atoms in total. The summed E-state index contributed by atoms with van der Waals surface area (Å²) in [5.41, 5.74) is 6.90. The van der Waals surface area contributed by atoms with Crippen LogP contribution in [0.4, 0.5) is 0 Å². The molecule has 2 rings (SSSR count). The number of halogens is 1. The Kier molecular flexibility index (Phi) is 7.52. The Hall–Kier alpha value is -1.59. The molecule has 0 heterocycles. The summed E-state index contributed by atoms with van der Waals surface area (Å²) in [7, 11) is 3.41. The highest BCUT2D eigenvalue weighted by molar-refractivity contribution is 5.88. The van der Waals surface area contributed by atoms with Gasteiger partial charge in [-0.05, 0) is 24.8 Å². The van der Waals surface area contributed by atoms with Crippen LogP contribution < -0.4 is 11.1 Å². The number of carbonyl (C=O) groups is 2. The topological polar surface area (TPSA) is 75.4 Å². The minimum atomic E-state index is -0.526. The number of hydrogen-bond acceptors (Lipinski definition) is 3. The summed E-state index contributed by atoms with van der Waals surface area (Å²) in [6, 6.07) is 9.32. The number of amides is 2. The molecule has 128 valence electrons. The van der Waals surface area contributed by atoms with E-state index < -0.39 is 6.04 Å². The molecule has 1 aromatic rings. The van der Waals surface area contributed by atoms with Crippen LogP contribution in [0.5, 0.6) is 0 Å². The zero-order valence-corrected chi connectivity index (χ0v) is 14.5. The Morgan fingerprint density at radius 3 is 2.43 bits per heavy atom. The van der Waals surface area contributed by atoms with Crippen LogP contribution in [0.1, 0.15) is 24.8 Å². The summed E-state index contributed by atoms with van der Waals surface area (Å²) < 4.78 is 0. The fraction of sp³-hybridized carbons (Fsp3) is 0.529. The van der Waals surface area contributed by atoms with Gasteiger partial charge in [-0.25, -0.2) is 0 Å². The highest BCUT2D eigenvalue weighted by Crippen LogP contribution is 2.24. The van der Waals surface area contributed by atoms with Gasteiger partial charge in [-0.1, -0.05) is 30.3 Å². The van der Waals surface area contributed by atoms with Crippen molar-refractivity contribution in [2.75, 3.05) is 14.1 Å². The van der Waals surface area contributed by atoms with Crippen molar-refractivity contribution in [3.63, 3.8) is 0 Å². The minimum Gasteiger partial charge on any atom is -0.347 e. The average molecular weight is 340 g/mol. The van der Waals surface area contributed by atoms with Gasteiger partial charge in [-0.3, -0.25) is 9.59 Å². The molecule has 6 heteroatoms. The molecule has 1 aliphatic rings. The van der Waals surface area contributed by atoms with E-state index in [2.05, 4.69) is 5.32 Å². The Morgan fingerprint density at radius 1 is 1.26 bits per heavy atom. The van der Waals surface area contributed by atoms with E-state index in [1.54, 1.807) is 14.1 Å². The van der Waals surface area contributed by atoms with E-state index in [4.69, 9.17) is 5.73 Å². The number of nitrogens with zero attached hydrogens (tertiary/aromatic N) is 1. The SMILES string of the molecule is CN(C)C(=O)C(Cc1ccccc1)NC(=O)C1CCC(N)C1.Cl. The standard InChI is InChI=1S/C17H25N3O2.ClH/c1-20(2)17(22)15(10-12-6-4-3-5-7-12)19-16(21)13-8-9-14(18)11-13;/h3-7,13-15H,8-11,18H2,1-2H3,(H,19,21);1H. The van der Waals surface area contributed by atoms with Crippen LogP contribution in [0, 0.1) is 5.92 Å². The zero-order valence-electron chi connectivity index (χ0n) is 13.7. The molecule has 0 bridgehead atoms. The first-order valence-electron chi connectivity index (χ1n) is 7.78. The minimum absolute atomic E-state index is 0. The molecule has 2 amide bonds. The van der Waals surface area contributed by atoms with Crippen LogP contribution in [0.25, 0.3) is 0 Å². The first kappa shape index (κ1) is 19.5. The summed E-state index contributed by atoms with van der Waals surface area (Å²) in [5, 5.41) is 2.92. The van der Waals surface area contributed by atoms with E-state index in [9.17, 15) is 9.59 Å². The molecule has 1 aliphatic carbocycles. The van der Waals surface area contributed by atoms with Gasteiger partial charge in [-0.2, -0.15) is 0 Å². The normalized spacial score (nSPS) is 21.2. The second-order valence-electron chi connectivity index (χ2n) is 6.25. The number of nitrogens with two attached hydrogens (primary N) is 1. The lowest BCUT2D eigenvalue weighted by atomic mass is 10.0. The molecule has 0 radical (unpaired) electrons. The van der Waals surface area contributed by atoms with Crippen LogP contribution in [0.2, 0.25) is 0 Å². The maximum atomic E-state index is 12.4. The van der Waals surface area contributed by atoms with Gasteiger partial charge in [0.15, 0.2) is 0 Å². The number of rotatable bonds is 5. The first-order chi connectivity index (χ1) is 10.5. The number of benzene rings is 1. The van der Waals surface area contributed by atoms with Crippen LogP contribution >= 0.6 is 12.4 Å². The molecular weight excluding hydrogens is 314 g/mol. The second-order valence-corrected chi connectivity index (χ2v) is 6.25. The zero-order chi connectivity index (χ0) is 16.1. The molecule has 3 unspecified atom stereocenters. The summed E-state index contributed by atoms with van der Waals surface area (Å²) >= 11 is 0. The van der Waals surface area contributed by atoms with Crippen molar-refractivity contribution in [3.05, 3.63) is 35.9 Å². The van der Waals surface area contributed by atoms with Gasteiger partial charge < -0.3 is 16.0 Å². The molecule has 3 atom stereocenters. The van der Waals surface area contributed by atoms with E-state index in [1.807, 2.05) is 30.3 Å². The van der Waals surface area contributed by atoms with Crippen molar-refractivity contribution in [1.29, 1.82) is 0 Å². The molecular formula is C17H26ClN3O2. The van der Waals surface area contributed by atoms with Gasteiger partial charge in [0, 0.05) is 32.5 Å². The summed E-state index contributed by atoms with van der Waals surface area (Å²) in [4.78, 5) is 26.3. The predicted octanol–water partition coefficient (Wildman–Crippen LogP) is 1.35. The lowest BCUT2D eigenvalue weighted by Gasteiger charge is -2.23. The van der Waals surface area contributed by atoms with Crippen LogP contribution in [-0.2, 0) is 16.0 Å². The third-order valence-corrected chi connectivity index (χ3v) is 4.18. The van der Waals surface area contributed by atoms with Gasteiger partial charge in [-0.15, -0.1) is 12.4 Å². The van der Waals surface area contributed by atoms with Gasteiger partial charge in [0.1, 0.15) is 6.04 Å². The Bertz CT molecular complexity index is 522. The molecule has 1 aromatic carbocycles. The summed E-state index contributed by atoms with van der Waals surface area (Å²) in [6.07, 6.45) is 2.90. The summed E-state index contributed by atoms with van der Waals surface area (Å²) in [5.74, 6) is -0.202. The highest BCUT2D eigenvalue weighted by atomic mass is 35.5. The van der Waals surface area contributed by atoms with Gasteiger partial charge in [0.25, 0.3) is 0 Å². The first-order valence-corrected chi connectivity index (χ1v) is 7.78. The largest absolute Gasteiger partial charge is 0.347 e. The highest BCUT2D eigenvalue weighted by Gasteiger charge is 2.31. The lowest BCUT2D eigenvalue weighted by molar-refractivity contribution is -0.135. The van der Waals surface area contributed by atoms with Crippen LogP contribution in [0.15, 0.2) is 30.3 Å². The van der Waals surface area contributed by atoms with Crippen molar-refractivity contribution in [1.82, 2.24) is 10.2 Å². The molecule has 0 saturated heterocycles. The molecule has 0 spiro atoms. The fourth-order valence-corrected chi connectivity index (χ4v) is 2.91. The number of nitrogens with one attached hydrogen (secondary N) is 1. The van der Waals surface area contributed by atoms with Crippen LogP contribution in [-0.4, -0.2) is 42.9 Å². The van der Waals surface area contributed by atoms with Crippen molar-refractivity contribution < 1.29 is 9.59 Å². The molecule has 0 aliphatic heterocycles. The van der Waals surface area contributed by atoms with Crippen molar-refractivity contribution in [2.24, 2.45) is 11.7 Å². The van der Waals surface area contributed by atoms with Gasteiger partial charge in [0.05, 0.1) is 0 Å². The number of carbonyl (C=O) groups excluding carboxylic acids is 2. The van der Waals surface area contributed by atoms with Crippen molar-refractivity contribution >= 4 is 24.2 Å². The maximum Gasteiger partial charge on any atom is 0.244 e. The van der Waals surface area contributed by atoms with Crippen molar-refractivity contribution in [3.8, 4) is 0 Å². The predicted molar refractivity (Wildman–Crippen MR) is 93.3 cm³/mol. The van der Waals surface area contributed by atoms with Crippen LogP contribution in [0.3, 0.4) is 0 Å². The van der Waals surface area contributed by atoms with E-state index in [1.165, 1.54) is 4.90 Å². The Balaban J connectivity index is 0.00000264. The fourth-order valence-electron chi connectivity index (χ4n) is 2.91. The Labute approximate surface area is 144 Å². The number of hydrogen-bond donors (Lipinski definition) is 2.